The maximum absolute atomic E-state index is 13.9. The molecule has 1 saturated carbocycles. The monoisotopic (exact) mass is 390 g/mol. The van der Waals surface area contributed by atoms with Crippen molar-refractivity contribution in [1.29, 1.82) is 0 Å². The number of benzene rings is 2. The zero-order valence-electron chi connectivity index (χ0n) is 19.4. The van der Waals surface area contributed by atoms with E-state index in [9.17, 15) is 4.79 Å². The predicted molar refractivity (Wildman–Crippen MR) is 124 cm³/mol. The lowest BCUT2D eigenvalue weighted by molar-refractivity contribution is 0.103. The van der Waals surface area contributed by atoms with E-state index in [4.69, 9.17) is 0 Å². The molecule has 0 spiro atoms. The molecular weight excluding hydrogens is 352 g/mol. The van der Waals surface area contributed by atoms with Crippen LogP contribution in [-0.2, 0) is 5.41 Å². The van der Waals surface area contributed by atoms with Gasteiger partial charge in [-0.2, -0.15) is 0 Å². The summed E-state index contributed by atoms with van der Waals surface area (Å²) in [5.41, 5.74) is 6.52. The van der Waals surface area contributed by atoms with Crippen LogP contribution in [0.15, 0.2) is 36.4 Å². The van der Waals surface area contributed by atoms with E-state index in [0.29, 0.717) is 11.8 Å². The molecule has 0 atom stereocenters. The Labute approximate surface area is 177 Å². The maximum Gasteiger partial charge on any atom is 0.193 e. The molecule has 156 valence electrons. The van der Waals surface area contributed by atoms with Gasteiger partial charge in [0.15, 0.2) is 5.78 Å². The Morgan fingerprint density at radius 3 is 2.17 bits per heavy atom. The van der Waals surface area contributed by atoms with Gasteiger partial charge in [-0.05, 0) is 71.8 Å². The highest BCUT2D eigenvalue weighted by atomic mass is 16.1. The SMILES string of the molecule is Cc1ccc(C(C)C)c(C(=O)c2cc(C3CCC(C)CC3)ccc2C(C)(C)C)c1. The first-order valence-corrected chi connectivity index (χ1v) is 11.4. The highest BCUT2D eigenvalue weighted by molar-refractivity contribution is 6.11. The molecule has 0 bridgehead atoms. The molecule has 3 rings (SSSR count). The van der Waals surface area contributed by atoms with Gasteiger partial charge in [-0.1, -0.05) is 84.2 Å². The zero-order valence-corrected chi connectivity index (χ0v) is 19.4. The topological polar surface area (TPSA) is 17.1 Å². The number of carbonyl (C=O) groups is 1. The van der Waals surface area contributed by atoms with Crippen LogP contribution in [0, 0.1) is 12.8 Å². The first-order chi connectivity index (χ1) is 13.6. The van der Waals surface area contributed by atoms with E-state index in [2.05, 4.69) is 84.9 Å². The molecule has 1 nitrogen and oxygen atoms in total. The normalized spacial score (nSPS) is 20.1. The standard InChI is InChI=1S/C28H38O/c1-18(2)23-14-10-20(4)16-24(23)27(29)25-17-22(13-15-26(25)28(5,6)7)21-11-8-19(3)9-12-21/h10,13-19,21H,8-9,11-12H2,1-7H3. The summed E-state index contributed by atoms with van der Waals surface area (Å²) in [6.45, 7) is 15.4. The van der Waals surface area contributed by atoms with E-state index in [1.807, 2.05) is 0 Å². The van der Waals surface area contributed by atoms with Crippen molar-refractivity contribution in [1.82, 2.24) is 0 Å². The molecule has 0 radical (unpaired) electrons. The van der Waals surface area contributed by atoms with Gasteiger partial charge in [0.1, 0.15) is 0 Å². The molecule has 0 aromatic heterocycles. The van der Waals surface area contributed by atoms with Crippen LogP contribution in [0.5, 0.6) is 0 Å². The molecule has 0 heterocycles. The fourth-order valence-corrected chi connectivity index (χ4v) is 4.77. The van der Waals surface area contributed by atoms with Gasteiger partial charge in [0.05, 0.1) is 0 Å². The molecule has 0 N–H and O–H groups in total. The minimum absolute atomic E-state index is 0.0631. The van der Waals surface area contributed by atoms with Gasteiger partial charge in [0.25, 0.3) is 0 Å². The Balaban J connectivity index is 2.10. The fourth-order valence-electron chi connectivity index (χ4n) is 4.77. The average Bonchev–Trinajstić information content (AvgIpc) is 2.66. The average molecular weight is 391 g/mol. The lowest BCUT2D eigenvalue weighted by Gasteiger charge is -2.29. The van der Waals surface area contributed by atoms with Crippen molar-refractivity contribution in [2.75, 3.05) is 0 Å². The molecule has 0 aliphatic heterocycles. The smallest absolute Gasteiger partial charge is 0.193 e. The molecular formula is C28H38O. The van der Waals surface area contributed by atoms with Crippen molar-refractivity contribution >= 4 is 5.78 Å². The lowest BCUT2D eigenvalue weighted by atomic mass is 9.76. The van der Waals surface area contributed by atoms with E-state index in [0.717, 1.165) is 33.7 Å². The summed E-state index contributed by atoms with van der Waals surface area (Å²) in [6.07, 6.45) is 5.07. The van der Waals surface area contributed by atoms with E-state index in [-0.39, 0.29) is 11.2 Å². The van der Waals surface area contributed by atoms with Crippen LogP contribution in [0.2, 0.25) is 0 Å². The largest absolute Gasteiger partial charge is 0.289 e. The number of rotatable bonds is 4. The first-order valence-electron chi connectivity index (χ1n) is 11.4. The Morgan fingerprint density at radius 1 is 0.931 bits per heavy atom. The van der Waals surface area contributed by atoms with Gasteiger partial charge in [-0.15, -0.1) is 0 Å². The lowest BCUT2D eigenvalue weighted by Crippen LogP contribution is -2.20. The van der Waals surface area contributed by atoms with E-state index < -0.39 is 0 Å². The van der Waals surface area contributed by atoms with Crippen LogP contribution in [0.3, 0.4) is 0 Å². The summed E-state index contributed by atoms with van der Waals surface area (Å²) >= 11 is 0. The third-order valence-corrected chi connectivity index (χ3v) is 6.66. The van der Waals surface area contributed by atoms with Gasteiger partial charge in [0.2, 0.25) is 0 Å². The fraction of sp³-hybridized carbons (Fsp3) is 0.536. The minimum Gasteiger partial charge on any atom is -0.289 e. The first kappa shape index (κ1) is 21.8. The molecule has 1 aliphatic rings. The Kier molecular flexibility index (Phi) is 6.36. The second kappa shape index (κ2) is 8.46. The maximum atomic E-state index is 13.9. The van der Waals surface area contributed by atoms with Crippen LogP contribution in [0.1, 0.15) is 117 Å². The van der Waals surface area contributed by atoms with Gasteiger partial charge >= 0.3 is 0 Å². The zero-order chi connectivity index (χ0) is 21.3. The second-order valence-electron chi connectivity index (χ2n) is 10.6. The van der Waals surface area contributed by atoms with Crippen molar-refractivity contribution in [3.63, 3.8) is 0 Å². The molecule has 0 unspecified atom stereocenters. The third kappa shape index (κ3) is 4.82. The molecule has 2 aromatic rings. The summed E-state index contributed by atoms with van der Waals surface area (Å²) in [6, 6.07) is 13.1. The molecule has 1 heteroatoms. The van der Waals surface area contributed by atoms with Crippen LogP contribution in [0.25, 0.3) is 0 Å². The van der Waals surface area contributed by atoms with Gasteiger partial charge in [-0.25, -0.2) is 0 Å². The van der Waals surface area contributed by atoms with Crippen molar-refractivity contribution in [3.8, 4) is 0 Å². The van der Waals surface area contributed by atoms with E-state index in [1.54, 1.807) is 0 Å². The highest BCUT2D eigenvalue weighted by Crippen LogP contribution is 2.38. The second-order valence-corrected chi connectivity index (χ2v) is 10.6. The van der Waals surface area contributed by atoms with Gasteiger partial charge in [0, 0.05) is 11.1 Å². The van der Waals surface area contributed by atoms with Crippen molar-refractivity contribution in [2.24, 2.45) is 5.92 Å². The predicted octanol–water partition coefficient (Wildman–Crippen LogP) is 7.94. The minimum atomic E-state index is -0.0631. The highest BCUT2D eigenvalue weighted by Gasteiger charge is 2.27. The van der Waals surface area contributed by atoms with Crippen LogP contribution < -0.4 is 0 Å². The molecule has 1 aliphatic carbocycles. The Hall–Kier alpha value is -1.89. The number of ketones is 1. The summed E-state index contributed by atoms with van der Waals surface area (Å²) in [7, 11) is 0. The Bertz CT molecular complexity index is 874. The Morgan fingerprint density at radius 2 is 1.59 bits per heavy atom. The van der Waals surface area contributed by atoms with Crippen LogP contribution in [-0.4, -0.2) is 5.78 Å². The van der Waals surface area contributed by atoms with Crippen LogP contribution >= 0.6 is 0 Å². The van der Waals surface area contributed by atoms with E-state index in [1.165, 1.54) is 31.2 Å². The number of carbonyl (C=O) groups excluding carboxylic acids is 1. The molecule has 0 saturated heterocycles. The van der Waals surface area contributed by atoms with Crippen LogP contribution in [0.4, 0.5) is 0 Å². The number of hydrogen-bond donors (Lipinski definition) is 0. The molecule has 2 aromatic carbocycles. The summed E-state index contributed by atoms with van der Waals surface area (Å²) in [5, 5.41) is 0. The third-order valence-electron chi connectivity index (χ3n) is 6.66. The quantitative estimate of drug-likeness (QED) is 0.484. The molecule has 29 heavy (non-hydrogen) atoms. The number of hydrogen-bond acceptors (Lipinski definition) is 1. The van der Waals surface area contributed by atoms with Crippen molar-refractivity contribution < 1.29 is 4.79 Å². The molecule has 0 amide bonds. The molecule has 1 fully saturated rings. The summed E-state index contributed by atoms with van der Waals surface area (Å²) in [5.74, 6) is 1.94. The summed E-state index contributed by atoms with van der Waals surface area (Å²) < 4.78 is 0. The number of aryl methyl sites for hydroxylation is 1. The van der Waals surface area contributed by atoms with E-state index >= 15 is 0 Å². The van der Waals surface area contributed by atoms with Crippen molar-refractivity contribution in [3.05, 3.63) is 69.8 Å². The van der Waals surface area contributed by atoms with Gasteiger partial charge < -0.3 is 0 Å². The van der Waals surface area contributed by atoms with Crippen molar-refractivity contribution in [2.45, 2.75) is 91.4 Å². The summed E-state index contributed by atoms with van der Waals surface area (Å²) in [4.78, 5) is 13.9. The van der Waals surface area contributed by atoms with Gasteiger partial charge in [-0.3, -0.25) is 4.79 Å².